The molecule has 2 amide bonds. The third kappa shape index (κ3) is 6.68. The van der Waals surface area contributed by atoms with E-state index in [1.165, 1.54) is 0 Å². The monoisotopic (exact) mass is 523 g/mol. The Hall–Kier alpha value is -2.68. The number of hydrogen-bond donors (Lipinski definition) is 0. The zero-order valence-electron chi connectivity index (χ0n) is 18.8. The third-order valence-corrected chi connectivity index (χ3v) is 5.99. The van der Waals surface area contributed by atoms with Crippen molar-refractivity contribution in [1.82, 2.24) is 4.90 Å². The zero-order valence-corrected chi connectivity index (χ0v) is 21.1. The average molecular weight is 524 g/mol. The highest BCUT2D eigenvalue weighted by Crippen LogP contribution is 2.35. The Morgan fingerprint density at radius 2 is 1.85 bits per heavy atom. The maximum Gasteiger partial charge on any atom is 0.326 e. The molecule has 0 bridgehead atoms. The number of benzene rings is 2. The van der Waals surface area contributed by atoms with Crippen molar-refractivity contribution in [1.29, 1.82) is 0 Å². The van der Waals surface area contributed by atoms with Crippen molar-refractivity contribution in [2.45, 2.75) is 33.5 Å². The maximum atomic E-state index is 12.7. The van der Waals surface area contributed by atoms with E-state index in [1.807, 2.05) is 6.92 Å². The summed E-state index contributed by atoms with van der Waals surface area (Å²) in [6, 6.07) is 10.3. The second-order valence-corrected chi connectivity index (χ2v) is 9.31. The summed E-state index contributed by atoms with van der Waals surface area (Å²) in [5, 5.41) is 0.506. The van der Waals surface area contributed by atoms with Crippen molar-refractivity contribution in [2.24, 2.45) is 0 Å². The minimum atomic E-state index is -0.639. The van der Waals surface area contributed by atoms with Crippen LogP contribution in [0.5, 0.6) is 11.5 Å². The molecule has 0 aromatic heterocycles. The fraction of sp³-hybridized carbons (Fsp3) is 0.292. The summed E-state index contributed by atoms with van der Waals surface area (Å²) in [6.07, 6.45) is 1.23. The Labute approximate surface area is 211 Å². The summed E-state index contributed by atoms with van der Waals surface area (Å²) in [4.78, 5) is 37.9. The quantitative estimate of drug-likeness (QED) is 0.296. The molecule has 0 N–H and O–H groups in total. The van der Waals surface area contributed by atoms with Crippen molar-refractivity contribution in [3.05, 3.63) is 62.5 Å². The summed E-state index contributed by atoms with van der Waals surface area (Å²) < 4.78 is 16.6. The molecule has 0 unspecified atom stereocenters. The Balaban J connectivity index is 1.75. The largest absolute Gasteiger partial charge is 0.490 e. The summed E-state index contributed by atoms with van der Waals surface area (Å²) in [5.74, 6) is -0.221. The van der Waals surface area contributed by atoms with Gasteiger partial charge < -0.3 is 14.2 Å². The van der Waals surface area contributed by atoms with Gasteiger partial charge in [-0.25, -0.2) is 0 Å². The van der Waals surface area contributed by atoms with Gasteiger partial charge in [0.15, 0.2) is 11.5 Å². The van der Waals surface area contributed by atoms with Gasteiger partial charge in [-0.1, -0.05) is 35.3 Å². The van der Waals surface area contributed by atoms with Crippen molar-refractivity contribution in [3.8, 4) is 11.5 Å². The van der Waals surface area contributed by atoms with Crippen LogP contribution in [0.15, 0.2) is 41.3 Å². The molecule has 1 aliphatic rings. The number of esters is 1. The standard InChI is InChI=1S/C24H23Cl2NO6S/c1-4-31-20-9-15(5-8-19(20)32-13-16-6-7-17(25)11-18(16)26)10-21-23(29)27(24(30)34-21)12-22(28)33-14(2)3/h5-11,14H,4,12-13H2,1-3H3/b21-10+. The van der Waals surface area contributed by atoms with Crippen molar-refractivity contribution in [2.75, 3.05) is 13.2 Å². The first kappa shape index (κ1) is 25.9. The molecule has 0 saturated carbocycles. The zero-order chi connectivity index (χ0) is 24.8. The lowest BCUT2D eigenvalue weighted by atomic mass is 10.1. The lowest BCUT2D eigenvalue weighted by molar-refractivity contribution is -0.149. The minimum absolute atomic E-state index is 0.200. The van der Waals surface area contributed by atoms with Crippen LogP contribution >= 0.6 is 35.0 Å². The second-order valence-electron chi connectivity index (χ2n) is 7.47. The first-order valence-corrected chi connectivity index (χ1v) is 12.0. The van der Waals surface area contributed by atoms with Gasteiger partial charge >= 0.3 is 5.97 Å². The van der Waals surface area contributed by atoms with Crippen LogP contribution in [-0.4, -0.2) is 41.3 Å². The molecule has 0 radical (unpaired) electrons. The van der Waals surface area contributed by atoms with Gasteiger partial charge in [-0.2, -0.15) is 0 Å². The van der Waals surface area contributed by atoms with Gasteiger partial charge in [0.1, 0.15) is 13.2 Å². The number of thioether (sulfide) groups is 1. The lowest BCUT2D eigenvalue weighted by Gasteiger charge is -2.14. The molecule has 1 aliphatic heterocycles. The van der Waals surface area contributed by atoms with Crippen LogP contribution in [0.3, 0.4) is 0 Å². The number of carbonyl (C=O) groups excluding carboxylic acids is 3. The van der Waals surface area contributed by atoms with E-state index in [-0.39, 0.29) is 17.6 Å². The van der Waals surface area contributed by atoms with E-state index in [4.69, 9.17) is 37.4 Å². The molecule has 1 heterocycles. The van der Waals surface area contributed by atoms with E-state index in [1.54, 1.807) is 56.3 Å². The highest BCUT2D eigenvalue weighted by molar-refractivity contribution is 8.18. The number of amides is 2. The average Bonchev–Trinajstić information content (AvgIpc) is 3.01. The highest BCUT2D eigenvalue weighted by Gasteiger charge is 2.36. The maximum absolute atomic E-state index is 12.7. The predicted molar refractivity (Wildman–Crippen MR) is 132 cm³/mol. The smallest absolute Gasteiger partial charge is 0.326 e. The van der Waals surface area contributed by atoms with Gasteiger partial charge in [0.25, 0.3) is 11.1 Å². The van der Waals surface area contributed by atoms with Crippen LogP contribution in [0.25, 0.3) is 6.08 Å². The number of imide groups is 1. The Kier molecular flexibility index (Phi) is 8.88. The fourth-order valence-corrected chi connectivity index (χ4v) is 4.31. The normalized spacial score (nSPS) is 14.8. The number of ether oxygens (including phenoxy) is 3. The number of halogens is 2. The van der Waals surface area contributed by atoms with Crippen LogP contribution < -0.4 is 9.47 Å². The molecule has 10 heteroatoms. The van der Waals surface area contributed by atoms with E-state index in [0.29, 0.717) is 33.7 Å². The molecule has 180 valence electrons. The first-order valence-electron chi connectivity index (χ1n) is 10.5. The van der Waals surface area contributed by atoms with Gasteiger partial charge in [0, 0.05) is 15.6 Å². The van der Waals surface area contributed by atoms with Crippen LogP contribution in [0.4, 0.5) is 4.79 Å². The Morgan fingerprint density at radius 1 is 1.09 bits per heavy atom. The van der Waals surface area contributed by atoms with E-state index in [9.17, 15) is 14.4 Å². The summed E-state index contributed by atoms with van der Waals surface area (Å²) in [6.45, 7) is 5.41. The topological polar surface area (TPSA) is 82.1 Å². The van der Waals surface area contributed by atoms with Crippen molar-refractivity contribution >= 4 is 58.2 Å². The van der Waals surface area contributed by atoms with Crippen LogP contribution in [0.2, 0.25) is 10.0 Å². The third-order valence-electron chi connectivity index (χ3n) is 4.49. The second kappa shape index (κ2) is 11.6. The molecule has 1 fully saturated rings. The van der Waals surface area contributed by atoms with E-state index >= 15 is 0 Å². The Morgan fingerprint density at radius 3 is 2.53 bits per heavy atom. The van der Waals surface area contributed by atoms with Gasteiger partial charge in [-0.3, -0.25) is 19.3 Å². The first-order chi connectivity index (χ1) is 16.2. The van der Waals surface area contributed by atoms with Crippen LogP contribution in [-0.2, 0) is 20.9 Å². The van der Waals surface area contributed by atoms with Crippen molar-refractivity contribution in [3.63, 3.8) is 0 Å². The molecular weight excluding hydrogens is 501 g/mol. The molecule has 0 aliphatic carbocycles. The molecule has 0 spiro atoms. The number of rotatable bonds is 9. The summed E-state index contributed by atoms with van der Waals surface area (Å²) in [5.41, 5.74) is 1.40. The van der Waals surface area contributed by atoms with Gasteiger partial charge in [0.05, 0.1) is 17.6 Å². The summed E-state index contributed by atoms with van der Waals surface area (Å²) >= 11 is 12.9. The molecule has 2 aromatic rings. The van der Waals surface area contributed by atoms with Crippen LogP contribution in [0, 0.1) is 0 Å². The summed E-state index contributed by atoms with van der Waals surface area (Å²) in [7, 11) is 0. The molecule has 34 heavy (non-hydrogen) atoms. The molecular formula is C24H23Cl2NO6S. The molecule has 3 rings (SSSR count). The van der Waals surface area contributed by atoms with Crippen molar-refractivity contribution < 1.29 is 28.6 Å². The number of carbonyl (C=O) groups is 3. The van der Waals surface area contributed by atoms with E-state index < -0.39 is 23.7 Å². The van der Waals surface area contributed by atoms with Gasteiger partial charge in [-0.15, -0.1) is 0 Å². The molecule has 0 atom stereocenters. The molecule has 7 nitrogen and oxygen atoms in total. The molecule has 2 aromatic carbocycles. The number of hydrogen-bond acceptors (Lipinski definition) is 7. The van der Waals surface area contributed by atoms with E-state index in [2.05, 4.69) is 0 Å². The molecule has 1 saturated heterocycles. The highest BCUT2D eigenvalue weighted by atomic mass is 35.5. The predicted octanol–water partition coefficient (Wildman–Crippen LogP) is 5.96. The fourth-order valence-electron chi connectivity index (χ4n) is 3.01. The SMILES string of the molecule is CCOc1cc(/C=C2/SC(=O)N(CC(=O)OC(C)C)C2=O)ccc1OCc1ccc(Cl)cc1Cl. The minimum Gasteiger partial charge on any atom is -0.490 e. The lowest BCUT2D eigenvalue weighted by Crippen LogP contribution is -2.35. The van der Waals surface area contributed by atoms with Gasteiger partial charge in [0.2, 0.25) is 0 Å². The van der Waals surface area contributed by atoms with Gasteiger partial charge in [-0.05, 0) is 68.4 Å². The Bertz CT molecular complexity index is 1130. The van der Waals surface area contributed by atoms with Crippen LogP contribution in [0.1, 0.15) is 31.9 Å². The number of nitrogens with zero attached hydrogens (tertiary/aromatic N) is 1. The van der Waals surface area contributed by atoms with E-state index in [0.717, 1.165) is 22.2 Å².